The first kappa shape index (κ1) is 13.1. The van der Waals surface area contributed by atoms with E-state index in [0.29, 0.717) is 0 Å². The molecule has 0 bridgehead atoms. The van der Waals surface area contributed by atoms with Crippen molar-refractivity contribution in [2.75, 3.05) is 13.2 Å². The molecule has 0 saturated heterocycles. The van der Waals surface area contributed by atoms with Crippen LogP contribution in [-0.4, -0.2) is 19.6 Å². The van der Waals surface area contributed by atoms with E-state index in [9.17, 15) is 8.78 Å². The van der Waals surface area contributed by atoms with E-state index in [2.05, 4.69) is 5.32 Å². The van der Waals surface area contributed by atoms with Gasteiger partial charge in [0.1, 0.15) is 6.61 Å². The van der Waals surface area contributed by atoms with Gasteiger partial charge in [-0.15, -0.1) is 0 Å². The fourth-order valence-corrected chi connectivity index (χ4v) is 1.36. The largest absolute Gasteiger partial charge is 0.371 e. The summed E-state index contributed by atoms with van der Waals surface area (Å²) >= 11 is 0. The number of hydrogen-bond acceptors (Lipinski definition) is 2. The lowest BCUT2D eigenvalue weighted by molar-refractivity contribution is 0.00986. The Morgan fingerprint density at radius 1 is 1.31 bits per heavy atom. The summed E-state index contributed by atoms with van der Waals surface area (Å²) in [4.78, 5) is 0. The number of ether oxygens (including phenoxy) is 1. The third-order valence-electron chi connectivity index (χ3n) is 2.08. The Morgan fingerprint density at radius 2 is 2.06 bits per heavy atom. The first-order valence-electron chi connectivity index (χ1n) is 5.36. The molecule has 0 unspecified atom stereocenters. The lowest BCUT2D eigenvalue weighted by Crippen LogP contribution is -2.12. The van der Waals surface area contributed by atoms with Gasteiger partial charge in [-0.2, -0.15) is 0 Å². The van der Waals surface area contributed by atoms with Crippen molar-refractivity contribution < 1.29 is 13.5 Å². The first-order chi connectivity index (χ1) is 7.72. The summed E-state index contributed by atoms with van der Waals surface area (Å²) < 4.78 is 28.6. The van der Waals surface area contributed by atoms with Crippen LogP contribution in [0.4, 0.5) is 8.78 Å². The fraction of sp³-hybridized carbons (Fsp3) is 0.500. The van der Waals surface area contributed by atoms with Crippen LogP contribution in [-0.2, 0) is 17.9 Å². The van der Waals surface area contributed by atoms with E-state index >= 15 is 0 Å². The average molecular weight is 229 g/mol. The van der Waals surface area contributed by atoms with Crippen molar-refractivity contribution in [3.05, 3.63) is 35.4 Å². The Morgan fingerprint density at radius 3 is 2.75 bits per heavy atom. The van der Waals surface area contributed by atoms with Gasteiger partial charge in [-0.05, 0) is 17.7 Å². The lowest BCUT2D eigenvalue weighted by Gasteiger charge is -2.06. The maximum atomic E-state index is 11.8. The summed E-state index contributed by atoms with van der Waals surface area (Å²) in [6.45, 7) is 3.47. The highest BCUT2D eigenvalue weighted by molar-refractivity contribution is 5.22. The van der Waals surface area contributed by atoms with Gasteiger partial charge in [0, 0.05) is 6.54 Å². The molecule has 1 aromatic rings. The Kier molecular flexibility index (Phi) is 5.96. The van der Waals surface area contributed by atoms with Crippen molar-refractivity contribution in [3.8, 4) is 0 Å². The average Bonchev–Trinajstić information content (AvgIpc) is 2.26. The van der Waals surface area contributed by atoms with E-state index in [0.717, 1.165) is 24.2 Å². The normalized spacial score (nSPS) is 11.0. The van der Waals surface area contributed by atoms with Gasteiger partial charge in [-0.3, -0.25) is 0 Å². The van der Waals surface area contributed by atoms with E-state index in [1.807, 2.05) is 31.2 Å². The molecule has 1 N–H and O–H groups in total. The van der Waals surface area contributed by atoms with E-state index in [1.165, 1.54) is 0 Å². The number of rotatable bonds is 7. The predicted molar refractivity (Wildman–Crippen MR) is 59.5 cm³/mol. The van der Waals surface area contributed by atoms with Crippen LogP contribution >= 0.6 is 0 Å². The minimum absolute atomic E-state index is 0.240. The monoisotopic (exact) mass is 229 g/mol. The molecule has 0 radical (unpaired) electrons. The number of nitrogens with one attached hydrogen (secondary N) is 1. The molecule has 0 atom stereocenters. The summed E-state index contributed by atoms with van der Waals surface area (Å²) in [5.74, 6) is 0. The SMILES string of the molecule is CCNCc1cccc(COCC(F)F)c1. The fourth-order valence-electron chi connectivity index (χ4n) is 1.36. The number of hydrogen-bond donors (Lipinski definition) is 1. The molecule has 0 amide bonds. The molecule has 1 rings (SSSR count). The minimum atomic E-state index is -2.40. The summed E-state index contributed by atoms with van der Waals surface area (Å²) in [7, 11) is 0. The quantitative estimate of drug-likeness (QED) is 0.776. The minimum Gasteiger partial charge on any atom is -0.371 e. The van der Waals surface area contributed by atoms with E-state index in [1.54, 1.807) is 0 Å². The standard InChI is InChI=1S/C12H17F2NO/c1-2-15-7-10-4-3-5-11(6-10)8-16-9-12(13)14/h3-6,12,15H,2,7-9H2,1H3. The van der Waals surface area contributed by atoms with Crippen LogP contribution in [0.15, 0.2) is 24.3 Å². The van der Waals surface area contributed by atoms with Gasteiger partial charge in [0.15, 0.2) is 0 Å². The number of alkyl halides is 2. The van der Waals surface area contributed by atoms with Crippen molar-refractivity contribution in [2.24, 2.45) is 0 Å². The Bertz CT molecular complexity index is 305. The van der Waals surface area contributed by atoms with Gasteiger partial charge in [0.05, 0.1) is 6.61 Å². The van der Waals surface area contributed by atoms with Crippen molar-refractivity contribution in [2.45, 2.75) is 26.5 Å². The van der Waals surface area contributed by atoms with Crippen LogP contribution in [0.1, 0.15) is 18.1 Å². The molecule has 1 aromatic carbocycles. The van der Waals surface area contributed by atoms with Crippen LogP contribution in [0.2, 0.25) is 0 Å². The molecular formula is C12H17F2NO. The van der Waals surface area contributed by atoms with E-state index in [-0.39, 0.29) is 6.61 Å². The highest BCUT2D eigenvalue weighted by atomic mass is 19.3. The van der Waals surface area contributed by atoms with Crippen LogP contribution in [0.5, 0.6) is 0 Å². The molecule has 4 heteroatoms. The molecule has 0 heterocycles. The third kappa shape index (κ3) is 5.19. The van der Waals surface area contributed by atoms with Gasteiger partial charge in [0.25, 0.3) is 6.43 Å². The van der Waals surface area contributed by atoms with E-state index < -0.39 is 13.0 Å². The highest BCUT2D eigenvalue weighted by Crippen LogP contribution is 2.07. The van der Waals surface area contributed by atoms with E-state index in [4.69, 9.17) is 4.74 Å². The second-order valence-electron chi connectivity index (χ2n) is 3.51. The third-order valence-corrected chi connectivity index (χ3v) is 2.08. The van der Waals surface area contributed by atoms with Crippen molar-refractivity contribution in [1.29, 1.82) is 0 Å². The van der Waals surface area contributed by atoms with Crippen LogP contribution < -0.4 is 5.32 Å². The van der Waals surface area contributed by atoms with Gasteiger partial charge in [-0.1, -0.05) is 31.2 Å². The van der Waals surface area contributed by atoms with Gasteiger partial charge < -0.3 is 10.1 Å². The lowest BCUT2D eigenvalue weighted by atomic mass is 10.1. The first-order valence-corrected chi connectivity index (χ1v) is 5.36. The molecular weight excluding hydrogens is 212 g/mol. The van der Waals surface area contributed by atoms with Crippen LogP contribution in [0.3, 0.4) is 0 Å². The summed E-state index contributed by atoms with van der Waals surface area (Å²) in [6, 6.07) is 7.75. The number of benzene rings is 1. The topological polar surface area (TPSA) is 21.3 Å². The molecule has 0 aliphatic carbocycles. The van der Waals surface area contributed by atoms with Crippen molar-refractivity contribution >= 4 is 0 Å². The zero-order valence-electron chi connectivity index (χ0n) is 9.38. The molecule has 2 nitrogen and oxygen atoms in total. The molecule has 0 spiro atoms. The second kappa shape index (κ2) is 7.30. The smallest absolute Gasteiger partial charge is 0.261 e. The predicted octanol–water partition coefficient (Wildman–Crippen LogP) is 2.58. The summed E-state index contributed by atoms with van der Waals surface area (Å²) in [5, 5.41) is 3.21. The summed E-state index contributed by atoms with van der Waals surface area (Å²) in [6.07, 6.45) is -2.40. The molecule has 0 aliphatic heterocycles. The highest BCUT2D eigenvalue weighted by Gasteiger charge is 2.02. The van der Waals surface area contributed by atoms with Gasteiger partial charge >= 0.3 is 0 Å². The zero-order chi connectivity index (χ0) is 11.8. The van der Waals surface area contributed by atoms with Crippen LogP contribution in [0, 0.1) is 0 Å². The molecule has 90 valence electrons. The van der Waals surface area contributed by atoms with Crippen LogP contribution in [0.25, 0.3) is 0 Å². The molecule has 0 aromatic heterocycles. The van der Waals surface area contributed by atoms with Crippen molar-refractivity contribution in [3.63, 3.8) is 0 Å². The Hall–Kier alpha value is -1.00. The van der Waals surface area contributed by atoms with Crippen molar-refractivity contribution in [1.82, 2.24) is 5.32 Å². The summed E-state index contributed by atoms with van der Waals surface area (Å²) in [5.41, 5.74) is 2.07. The molecule has 0 fully saturated rings. The Balaban J connectivity index is 2.40. The number of halogens is 2. The Labute approximate surface area is 94.6 Å². The zero-order valence-corrected chi connectivity index (χ0v) is 9.38. The second-order valence-corrected chi connectivity index (χ2v) is 3.51. The van der Waals surface area contributed by atoms with Gasteiger partial charge in [-0.25, -0.2) is 8.78 Å². The van der Waals surface area contributed by atoms with Gasteiger partial charge in [0.2, 0.25) is 0 Å². The molecule has 0 aliphatic rings. The molecule has 0 saturated carbocycles. The maximum Gasteiger partial charge on any atom is 0.261 e. The molecule has 16 heavy (non-hydrogen) atoms. The maximum absolute atomic E-state index is 11.8.